The lowest BCUT2D eigenvalue weighted by atomic mass is 10.1. The molecule has 1 heterocycles. The fourth-order valence-electron chi connectivity index (χ4n) is 2.08. The second-order valence-corrected chi connectivity index (χ2v) is 5.03. The maximum absolute atomic E-state index is 3.51. The highest BCUT2D eigenvalue weighted by molar-refractivity contribution is 4.69. The topological polar surface area (TPSA) is 15.3 Å². The van der Waals surface area contributed by atoms with E-state index in [9.17, 15) is 0 Å². The number of nitrogens with zero attached hydrogens (tertiary/aromatic N) is 1. The van der Waals surface area contributed by atoms with Gasteiger partial charge in [-0.15, -0.1) is 0 Å². The smallest absolute Gasteiger partial charge is 0.00191 e. The largest absolute Gasteiger partial charge is 0.314 e. The van der Waals surface area contributed by atoms with Crippen molar-refractivity contribution in [1.29, 1.82) is 0 Å². The molecule has 1 aliphatic heterocycles. The zero-order valence-electron chi connectivity index (χ0n) is 10.1. The fraction of sp³-hybridized carbons (Fsp3) is 1.00. The van der Waals surface area contributed by atoms with Gasteiger partial charge in [-0.25, -0.2) is 0 Å². The Kier molecular flexibility index (Phi) is 5.49. The molecule has 14 heavy (non-hydrogen) atoms. The van der Waals surface area contributed by atoms with Crippen LogP contribution in [0.25, 0.3) is 0 Å². The third-order valence-electron chi connectivity index (χ3n) is 2.89. The first-order chi connectivity index (χ1) is 6.68. The van der Waals surface area contributed by atoms with E-state index in [0.717, 1.165) is 12.5 Å². The third-order valence-corrected chi connectivity index (χ3v) is 2.89. The van der Waals surface area contributed by atoms with Crippen molar-refractivity contribution in [2.75, 3.05) is 26.2 Å². The first-order valence-corrected chi connectivity index (χ1v) is 6.14. The van der Waals surface area contributed by atoms with E-state index in [1.165, 1.54) is 38.9 Å². The van der Waals surface area contributed by atoms with Crippen molar-refractivity contribution >= 4 is 0 Å². The minimum absolute atomic E-state index is 0.624. The SMILES string of the molecule is CC(CNC(C)C)CN1CCCCC1. The van der Waals surface area contributed by atoms with Gasteiger partial charge < -0.3 is 10.2 Å². The van der Waals surface area contributed by atoms with Gasteiger partial charge in [-0.2, -0.15) is 0 Å². The van der Waals surface area contributed by atoms with Gasteiger partial charge in [0, 0.05) is 12.6 Å². The van der Waals surface area contributed by atoms with Crippen LogP contribution in [0.3, 0.4) is 0 Å². The number of nitrogens with one attached hydrogen (secondary N) is 1. The van der Waals surface area contributed by atoms with Crippen molar-refractivity contribution in [2.24, 2.45) is 5.92 Å². The quantitative estimate of drug-likeness (QED) is 0.728. The third kappa shape index (κ3) is 4.97. The van der Waals surface area contributed by atoms with Crippen LogP contribution >= 0.6 is 0 Å². The average Bonchev–Trinajstić information content (AvgIpc) is 2.16. The van der Waals surface area contributed by atoms with E-state index in [4.69, 9.17) is 0 Å². The first-order valence-electron chi connectivity index (χ1n) is 6.14. The normalized spacial score (nSPS) is 21.4. The second kappa shape index (κ2) is 6.41. The summed E-state index contributed by atoms with van der Waals surface area (Å²) in [4.78, 5) is 2.62. The van der Waals surface area contributed by atoms with Crippen LogP contribution < -0.4 is 5.32 Å². The number of piperidine rings is 1. The summed E-state index contributed by atoms with van der Waals surface area (Å²) >= 11 is 0. The van der Waals surface area contributed by atoms with Crippen molar-refractivity contribution in [1.82, 2.24) is 10.2 Å². The maximum atomic E-state index is 3.51. The maximum Gasteiger partial charge on any atom is 0.00191 e. The summed E-state index contributed by atoms with van der Waals surface area (Å²) in [7, 11) is 0. The molecular weight excluding hydrogens is 172 g/mol. The number of likely N-dealkylation sites (tertiary alicyclic amines) is 1. The van der Waals surface area contributed by atoms with Crippen LogP contribution in [0, 0.1) is 5.92 Å². The highest BCUT2D eigenvalue weighted by Gasteiger charge is 2.13. The molecule has 1 atom stereocenters. The zero-order valence-corrected chi connectivity index (χ0v) is 10.1. The van der Waals surface area contributed by atoms with E-state index >= 15 is 0 Å². The van der Waals surface area contributed by atoms with Crippen LogP contribution in [-0.4, -0.2) is 37.1 Å². The molecule has 0 amide bonds. The first kappa shape index (κ1) is 12.0. The van der Waals surface area contributed by atoms with Gasteiger partial charge >= 0.3 is 0 Å². The molecule has 84 valence electrons. The van der Waals surface area contributed by atoms with E-state index in [2.05, 4.69) is 31.0 Å². The second-order valence-electron chi connectivity index (χ2n) is 5.03. The Morgan fingerprint density at radius 2 is 1.71 bits per heavy atom. The Bertz CT molecular complexity index is 139. The predicted molar refractivity (Wildman–Crippen MR) is 62.6 cm³/mol. The standard InChI is InChI=1S/C12H26N2/c1-11(2)13-9-12(3)10-14-7-5-4-6-8-14/h11-13H,4-10H2,1-3H3. The van der Waals surface area contributed by atoms with E-state index in [1.54, 1.807) is 0 Å². The van der Waals surface area contributed by atoms with Crippen molar-refractivity contribution < 1.29 is 0 Å². The Labute approximate surface area is 89.1 Å². The molecule has 1 aliphatic rings. The molecule has 1 saturated heterocycles. The molecule has 0 aromatic rings. The molecule has 0 aliphatic carbocycles. The highest BCUT2D eigenvalue weighted by Crippen LogP contribution is 2.10. The van der Waals surface area contributed by atoms with Crippen molar-refractivity contribution in [3.05, 3.63) is 0 Å². The van der Waals surface area contributed by atoms with Crippen LogP contribution in [-0.2, 0) is 0 Å². The summed E-state index contributed by atoms with van der Waals surface area (Å²) in [6.07, 6.45) is 4.25. The Hall–Kier alpha value is -0.0800. The van der Waals surface area contributed by atoms with Gasteiger partial charge in [-0.3, -0.25) is 0 Å². The minimum atomic E-state index is 0.624. The molecule has 1 unspecified atom stereocenters. The molecule has 0 saturated carbocycles. The average molecular weight is 198 g/mol. The van der Waals surface area contributed by atoms with Gasteiger partial charge in [-0.1, -0.05) is 27.2 Å². The summed E-state index contributed by atoms with van der Waals surface area (Å²) in [6.45, 7) is 11.9. The Morgan fingerprint density at radius 3 is 2.29 bits per heavy atom. The Balaban J connectivity index is 2.09. The summed E-state index contributed by atoms with van der Waals surface area (Å²) in [5.41, 5.74) is 0. The monoisotopic (exact) mass is 198 g/mol. The minimum Gasteiger partial charge on any atom is -0.314 e. The van der Waals surface area contributed by atoms with Gasteiger partial charge in [0.25, 0.3) is 0 Å². The van der Waals surface area contributed by atoms with Gasteiger partial charge in [0.2, 0.25) is 0 Å². The molecule has 0 bridgehead atoms. The van der Waals surface area contributed by atoms with Crippen LogP contribution in [0.5, 0.6) is 0 Å². The van der Waals surface area contributed by atoms with Gasteiger partial charge in [0.15, 0.2) is 0 Å². The zero-order chi connectivity index (χ0) is 10.4. The summed E-state index contributed by atoms with van der Waals surface area (Å²) < 4.78 is 0. The molecule has 0 aromatic carbocycles. The van der Waals surface area contributed by atoms with Crippen LogP contribution in [0.2, 0.25) is 0 Å². The molecule has 2 heteroatoms. The van der Waals surface area contributed by atoms with E-state index in [-0.39, 0.29) is 0 Å². The lowest BCUT2D eigenvalue weighted by Gasteiger charge is -2.29. The molecule has 0 radical (unpaired) electrons. The number of hydrogen-bond acceptors (Lipinski definition) is 2. The van der Waals surface area contributed by atoms with Gasteiger partial charge in [0.05, 0.1) is 0 Å². The molecule has 1 N–H and O–H groups in total. The highest BCUT2D eigenvalue weighted by atomic mass is 15.1. The van der Waals surface area contributed by atoms with Crippen molar-refractivity contribution in [2.45, 2.75) is 46.1 Å². The number of rotatable bonds is 5. The molecule has 0 spiro atoms. The Morgan fingerprint density at radius 1 is 1.07 bits per heavy atom. The van der Waals surface area contributed by atoms with E-state index in [0.29, 0.717) is 6.04 Å². The lowest BCUT2D eigenvalue weighted by molar-refractivity contribution is 0.198. The lowest BCUT2D eigenvalue weighted by Crippen LogP contribution is -2.38. The van der Waals surface area contributed by atoms with Crippen LogP contribution in [0.4, 0.5) is 0 Å². The predicted octanol–water partition coefficient (Wildman–Crippen LogP) is 2.11. The summed E-state index contributed by atoms with van der Waals surface area (Å²) in [5, 5.41) is 3.51. The van der Waals surface area contributed by atoms with Crippen molar-refractivity contribution in [3.63, 3.8) is 0 Å². The van der Waals surface area contributed by atoms with Gasteiger partial charge in [-0.05, 0) is 38.4 Å². The van der Waals surface area contributed by atoms with Crippen molar-refractivity contribution in [3.8, 4) is 0 Å². The van der Waals surface area contributed by atoms with Crippen LogP contribution in [0.1, 0.15) is 40.0 Å². The fourth-order valence-corrected chi connectivity index (χ4v) is 2.08. The van der Waals surface area contributed by atoms with Gasteiger partial charge in [0.1, 0.15) is 0 Å². The van der Waals surface area contributed by atoms with Crippen LogP contribution in [0.15, 0.2) is 0 Å². The van der Waals surface area contributed by atoms with E-state index in [1.807, 2.05) is 0 Å². The molecule has 1 fully saturated rings. The molecular formula is C12H26N2. The number of hydrogen-bond donors (Lipinski definition) is 1. The van der Waals surface area contributed by atoms with E-state index < -0.39 is 0 Å². The molecule has 1 rings (SSSR count). The molecule has 0 aromatic heterocycles. The molecule has 2 nitrogen and oxygen atoms in total. The summed E-state index contributed by atoms with van der Waals surface area (Å²) in [5.74, 6) is 0.787. The summed E-state index contributed by atoms with van der Waals surface area (Å²) in [6, 6.07) is 0.624.